The number of benzene rings is 1. The fraction of sp³-hybridized carbons (Fsp3) is 0.333. The number of rotatable bonds is 7. The summed E-state index contributed by atoms with van der Waals surface area (Å²) >= 11 is 1.98. The number of aliphatic hydroxyl groups is 2. The SMILES string of the molecule is O=C(NOC[C@H](O)CO)c1c(Nc2ccc(I)cc2F)cc(=O)n2c1CCC2. The highest BCUT2D eigenvalue weighted by Crippen LogP contribution is 2.28. The van der Waals surface area contributed by atoms with Gasteiger partial charge in [-0.05, 0) is 53.6 Å². The largest absolute Gasteiger partial charge is 0.394 e. The van der Waals surface area contributed by atoms with Gasteiger partial charge in [0.2, 0.25) is 0 Å². The van der Waals surface area contributed by atoms with Crippen molar-refractivity contribution in [3.63, 3.8) is 0 Å². The predicted octanol–water partition coefficient (Wildman–Crippen LogP) is 1.30. The van der Waals surface area contributed by atoms with Crippen molar-refractivity contribution in [2.24, 2.45) is 0 Å². The maximum Gasteiger partial charge on any atom is 0.278 e. The average molecular weight is 503 g/mol. The molecule has 0 spiro atoms. The summed E-state index contributed by atoms with van der Waals surface area (Å²) in [6, 6.07) is 5.81. The van der Waals surface area contributed by atoms with Crippen LogP contribution in [0.3, 0.4) is 0 Å². The third-order valence-electron chi connectivity index (χ3n) is 4.29. The van der Waals surface area contributed by atoms with E-state index >= 15 is 0 Å². The van der Waals surface area contributed by atoms with Gasteiger partial charge in [0.1, 0.15) is 18.5 Å². The number of amides is 1. The second-order valence-electron chi connectivity index (χ2n) is 6.30. The number of anilines is 2. The lowest BCUT2D eigenvalue weighted by molar-refractivity contribution is -0.0295. The van der Waals surface area contributed by atoms with Crippen LogP contribution in [0.5, 0.6) is 0 Å². The van der Waals surface area contributed by atoms with Gasteiger partial charge in [-0.15, -0.1) is 0 Å². The molecule has 1 atom stereocenters. The van der Waals surface area contributed by atoms with E-state index in [1.165, 1.54) is 22.8 Å². The predicted molar refractivity (Wildman–Crippen MR) is 108 cm³/mol. The third-order valence-corrected chi connectivity index (χ3v) is 4.96. The molecule has 0 aliphatic carbocycles. The summed E-state index contributed by atoms with van der Waals surface area (Å²) in [7, 11) is 0. The Morgan fingerprint density at radius 1 is 1.36 bits per heavy atom. The summed E-state index contributed by atoms with van der Waals surface area (Å²) < 4.78 is 16.5. The first-order chi connectivity index (χ1) is 13.4. The number of hydrogen-bond donors (Lipinski definition) is 4. The smallest absolute Gasteiger partial charge is 0.278 e. The summed E-state index contributed by atoms with van der Waals surface area (Å²) in [5, 5.41) is 20.9. The first kappa shape index (κ1) is 20.7. The lowest BCUT2D eigenvalue weighted by atomic mass is 10.1. The summed E-state index contributed by atoms with van der Waals surface area (Å²) in [5.41, 5.74) is 2.93. The van der Waals surface area contributed by atoms with Crippen molar-refractivity contribution in [2.75, 3.05) is 18.5 Å². The molecule has 4 N–H and O–H groups in total. The van der Waals surface area contributed by atoms with Crippen molar-refractivity contribution in [1.29, 1.82) is 0 Å². The Hall–Kier alpha value is -2.02. The zero-order chi connectivity index (χ0) is 20.3. The van der Waals surface area contributed by atoms with Crippen LogP contribution in [0.1, 0.15) is 22.5 Å². The molecule has 1 aliphatic heterocycles. The van der Waals surface area contributed by atoms with E-state index in [1.807, 2.05) is 22.6 Å². The van der Waals surface area contributed by atoms with Crippen LogP contribution >= 0.6 is 22.6 Å². The number of hydroxylamine groups is 1. The Bertz CT molecular complexity index is 950. The van der Waals surface area contributed by atoms with Crippen LogP contribution in [-0.2, 0) is 17.8 Å². The number of carbonyl (C=O) groups is 1. The van der Waals surface area contributed by atoms with E-state index in [0.29, 0.717) is 28.7 Å². The fourth-order valence-corrected chi connectivity index (χ4v) is 3.45. The van der Waals surface area contributed by atoms with Gasteiger partial charge < -0.3 is 20.1 Å². The van der Waals surface area contributed by atoms with Gasteiger partial charge in [0, 0.05) is 21.9 Å². The zero-order valence-electron chi connectivity index (χ0n) is 14.7. The number of aliphatic hydroxyl groups excluding tert-OH is 2. The fourth-order valence-electron chi connectivity index (χ4n) is 3.00. The van der Waals surface area contributed by atoms with Crippen molar-refractivity contribution in [1.82, 2.24) is 10.0 Å². The van der Waals surface area contributed by atoms with Crippen LogP contribution in [0, 0.1) is 9.39 Å². The quantitative estimate of drug-likeness (QED) is 0.335. The molecule has 2 heterocycles. The molecule has 0 fully saturated rings. The first-order valence-electron chi connectivity index (χ1n) is 8.60. The van der Waals surface area contributed by atoms with Gasteiger partial charge in [-0.2, -0.15) is 0 Å². The van der Waals surface area contributed by atoms with E-state index in [4.69, 9.17) is 9.94 Å². The topological polar surface area (TPSA) is 113 Å². The van der Waals surface area contributed by atoms with Gasteiger partial charge in [0.15, 0.2) is 0 Å². The highest BCUT2D eigenvalue weighted by molar-refractivity contribution is 14.1. The molecule has 28 heavy (non-hydrogen) atoms. The van der Waals surface area contributed by atoms with E-state index < -0.39 is 24.4 Å². The molecule has 2 aromatic rings. The molecular weight excluding hydrogens is 484 g/mol. The molecule has 0 saturated heterocycles. The first-order valence-corrected chi connectivity index (χ1v) is 9.68. The summed E-state index contributed by atoms with van der Waals surface area (Å²) in [6.45, 7) is -0.312. The average Bonchev–Trinajstić information content (AvgIpc) is 3.14. The number of carbonyl (C=O) groups excluding carboxylic acids is 1. The van der Waals surface area contributed by atoms with Crippen molar-refractivity contribution in [3.05, 3.63) is 55.3 Å². The molecule has 1 aromatic heterocycles. The molecule has 0 unspecified atom stereocenters. The molecular formula is C18H19FIN3O5. The number of nitrogens with zero attached hydrogens (tertiary/aromatic N) is 1. The number of aromatic nitrogens is 1. The number of halogens is 2. The molecule has 8 nitrogen and oxygen atoms in total. The van der Waals surface area contributed by atoms with Gasteiger partial charge in [0.25, 0.3) is 11.5 Å². The van der Waals surface area contributed by atoms with E-state index in [1.54, 1.807) is 6.07 Å². The lowest BCUT2D eigenvalue weighted by Gasteiger charge is -2.17. The van der Waals surface area contributed by atoms with Gasteiger partial charge in [-0.25, -0.2) is 9.87 Å². The standard InChI is InChI=1S/C18H19FIN3O5/c19-12-6-10(20)3-4-13(12)21-14-7-16(26)23-5-1-2-15(23)17(14)18(27)22-28-9-11(25)8-24/h3-4,6-7,11,21,24-25H,1-2,5,8-9H2,(H,22,27)/t11-/m1/s1. The van der Waals surface area contributed by atoms with Crippen LogP contribution in [0.4, 0.5) is 15.8 Å². The maximum atomic E-state index is 14.2. The van der Waals surface area contributed by atoms with Crippen molar-refractivity contribution in [3.8, 4) is 0 Å². The molecule has 1 aliphatic rings. The minimum atomic E-state index is -1.14. The highest BCUT2D eigenvalue weighted by Gasteiger charge is 2.25. The molecule has 1 amide bonds. The minimum absolute atomic E-state index is 0.133. The Kier molecular flexibility index (Phi) is 6.65. The number of fused-ring (bicyclic) bond motifs is 1. The molecule has 0 radical (unpaired) electrons. The highest BCUT2D eigenvalue weighted by atomic mass is 127. The molecule has 1 aromatic carbocycles. The second kappa shape index (κ2) is 8.99. The normalized spacial score (nSPS) is 13.9. The number of hydrogen-bond acceptors (Lipinski definition) is 6. The van der Waals surface area contributed by atoms with Crippen molar-refractivity contribution < 1.29 is 24.2 Å². The van der Waals surface area contributed by atoms with Crippen molar-refractivity contribution >= 4 is 39.9 Å². The van der Waals surface area contributed by atoms with Gasteiger partial charge >= 0.3 is 0 Å². The molecule has 3 rings (SSSR count). The Balaban J connectivity index is 1.94. The molecule has 0 bridgehead atoms. The monoisotopic (exact) mass is 503 g/mol. The molecule has 0 saturated carbocycles. The van der Waals surface area contributed by atoms with E-state index in [-0.39, 0.29) is 29.1 Å². The lowest BCUT2D eigenvalue weighted by Crippen LogP contribution is -2.32. The van der Waals surface area contributed by atoms with E-state index in [9.17, 15) is 19.1 Å². The third kappa shape index (κ3) is 4.51. The van der Waals surface area contributed by atoms with Gasteiger partial charge in [-0.1, -0.05) is 0 Å². The Morgan fingerprint density at radius 3 is 2.86 bits per heavy atom. The van der Waals surface area contributed by atoms with E-state index in [0.717, 1.165) is 0 Å². The van der Waals surface area contributed by atoms with E-state index in [2.05, 4.69) is 10.8 Å². The molecule has 10 heteroatoms. The number of nitrogens with one attached hydrogen (secondary N) is 2. The molecule has 150 valence electrons. The van der Waals surface area contributed by atoms with Crippen molar-refractivity contribution in [2.45, 2.75) is 25.5 Å². The van der Waals surface area contributed by atoms with Gasteiger partial charge in [-0.3, -0.25) is 14.4 Å². The zero-order valence-corrected chi connectivity index (χ0v) is 16.9. The second-order valence-corrected chi connectivity index (χ2v) is 7.55. The number of pyridine rings is 1. The van der Waals surface area contributed by atoms with Crippen LogP contribution in [-0.4, -0.2) is 40.0 Å². The summed E-state index contributed by atoms with van der Waals surface area (Å²) in [5.74, 6) is -1.15. The minimum Gasteiger partial charge on any atom is -0.394 e. The Morgan fingerprint density at radius 2 is 2.14 bits per heavy atom. The van der Waals surface area contributed by atoms with Crippen LogP contribution < -0.4 is 16.4 Å². The van der Waals surface area contributed by atoms with Crippen LogP contribution in [0.2, 0.25) is 0 Å². The van der Waals surface area contributed by atoms with Crippen LogP contribution in [0.15, 0.2) is 29.1 Å². The van der Waals surface area contributed by atoms with Crippen LogP contribution in [0.25, 0.3) is 0 Å². The summed E-state index contributed by atoms with van der Waals surface area (Å²) in [6.07, 6.45) is 0.0889. The van der Waals surface area contributed by atoms with Gasteiger partial charge in [0.05, 0.1) is 23.5 Å². The Labute approximate surface area is 173 Å². The maximum absolute atomic E-state index is 14.2. The summed E-state index contributed by atoms with van der Waals surface area (Å²) in [4.78, 5) is 30.0.